The highest BCUT2D eigenvalue weighted by Gasteiger charge is 2.26. The molecule has 2 aromatic heterocycles. The second-order valence-corrected chi connectivity index (χ2v) is 10.3. The molecule has 1 saturated heterocycles. The number of ether oxygens (including phenoxy) is 1. The van der Waals surface area contributed by atoms with Gasteiger partial charge in [0.05, 0.1) is 11.4 Å². The molecule has 0 unspecified atom stereocenters. The van der Waals surface area contributed by atoms with E-state index in [1.165, 1.54) is 48.7 Å². The van der Waals surface area contributed by atoms with Crippen LogP contribution in [-0.4, -0.2) is 45.2 Å². The first-order chi connectivity index (χ1) is 14.2. The van der Waals surface area contributed by atoms with Gasteiger partial charge in [-0.05, 0) is 44.1 Å². The Morgan fingerprint density at radius 1 is 1.31 bits per heavy atom. The van der Waals surface area contributed by atoms with Gasteiger partial charge in [0.15, 0.2) is 5.16 Å². The molecule has 3 heterocycles. The molecule has 4 rings (SSSR count). The van der Waals surface area contributed by atoms with E-state index in [2.05, 4.69) is 37.6 Å². The van der Waals surface area contributed by atoms with Crippen LogP contribution in [0.4, 0.5) is 0 Å². The number of thiophene rings is 1. The molecule has 6 nitrogen and oxygen atoms in total. The Hall–Kier alpha value is -1.38. The van der Waals surface area contributed by atoms with Gasteiger partial charge in [-0.15, -0.1) is 21.5 Å². The van der Waals surface area contributed by atoms with Crippen molar-refractivity contribution < 1.29 is 9.53 Å². The van der Waals surface area contributed by atoms with Crippen molar-refractivity contribution in [3.63, 3.8) is 0 Å². The number of nitrogens with one attached hydrogen (secondary N) is 1. The first-order valence-corrected chi connectivity index (χ1v) is 12.5. The third kappa shape index (κ3) is 5.41. The maximum absolute atomic E-state index is 12.6. The quantitative estimate of drug-likeness (QED) is 0.630. The minimum atomic E-state index is -0.211. The van der Waals surface area contributed by atoms with Crippen LogP contribution >= 0.6 is 23.1 Å². The molecule has 2 aliphatic rings. The van der Waals surface area contributed by atoms with E-state index >= 15 is 0 Å². The predicted octanol–water partition coefficient (Wildman–Crippen LogP) is 4.21. The molecular formula is C21H30N4O2S2. The van der Waals surface area contributed by atoms with E-state index in [9.17, 15) is 4.79 Å². The lowest BCUT2D eigenvalue weighted by atomic mass is 9.95. The lowest BCUT2D eigenvalue weighted by molar-refractivity contribution is -0.120. The SMILES string of the molecule is C[C@H](Sc1nnc(Cc2cccs2)n1C1CCCCC1)C(=O)NC[C@@H]1CCCO1. The zero-order valence-electron chi connectivity index (χ0n) is 17.0. The summed E-state index contributed by atoms with van der Waals surface area (Å²) >= 11 is 3.28. The van der Waals surface area contributed by atoms with Crippen LogP contribution < -0.4 is 5.32 Å². The van der Waals surface area contributed by atoms with E-state index in [0.717, 1.165) is 36.9 Å². The second kappa shape index (κ2) is 10.1. The van der Waals surface area contributed by atoms with Crippen molar-refractivity contribution in [1.29, 1.82) is 0 Å². The van der Waals surface area contributed by atoms with Crippen LogP contribution in [0.1, 0.15) is 68.6 Å². The van der Waals surface area contributed by atoms with Crippen molar-refractivity contribution in [2.75, 3.05) is 13.2 Å². The predicted molar refractivity (Wildman–Crippen MR) is 117 cm³/mol. The van der Waals surface area contributed by atoms with Crippen LogP contribution in [-0.2, 0) is 16.0 Å². The summed E-state index contributed by atoms with van der Waals surface area (Å²) in [5.74, 6) is 1.07. The van der Waals surface area contributed by atoms with Crippen LogP contribution in [0.5, 0.6) is 0 Å². The van der Waals surface area contributed by atoms with Gasteiger partial charge < -0.3 is 14.6 Å². The van der Waals surface area contributed by atoms with E-state index in [0.29, 0.717) is 12.6 Å². The van der Waals surface area contributed by atoms with Crippen molar-refractivity contribution in [3.05, 3.63) is 28.2 Å². The lowest BCUT2D eigenvalue weighted by Crippen LogP contribution is -2.36. The fourth-order valence-corrected chi connectivity index (χ4v) is 5.82. The van der Waals surface area contributed by atoms with E-state index in [4.69, 9.17) is 4.74 Å². The molecule has 2 aromatic rings. The Balaban J connectivity index is 1.45. The Morgan fingerprint density at radius 2 is 2.17 bits per heavy atom. The average molecular weight is 435 g/mol. The summed E-state index contributed by atoms with van der Waals surface area (Å²) in [6.45, 7) is 3.36. The van der Waals surface area contributed by atoms with Crippen molar-refractivity contribution in [3.8, 4) is 0 Å². The number of rotatable bonds is 8. The number of nitrogens with zero attached hydrogens (tertiary/aromatic N) is 3. The van der Waals surface area contributed by atoms with Crippen LogP contribution in [0.25, 0.3) is 0 Å². The molecule has 0 spiro atoms. The Kier molecular flexibility index (Phi) is 7.26. The Labute approximate surface area is 180 Å². The van der Waals surface area contributed by atoms with Crippen LogP contribution in [0.2, 0.25) is 0 Å². The summed E-state index contributed by atoms with van der Waals surface area (Å²) in [5, 5.41) is 14.9. The zero-order valence-corrected chi connectivity index (χ0v) is 18.6. The summed E-state index contributed by atoms with van der Waals surface area (Å²) in [7, 11) is 0. The van der Waals surface area contributed by atoms with Gasteiger partial charge in [0, 0.05) is 30.5 Å². The molecule has 2 atom stereocenters. The number of carbonyl (C=O) groups is 1. The number of aromatic nitrogens is 3. The van der Waals surface area contributed by atoms with Crippen molar-refractivity contribution in [2.45, 2.75) is 80.8 Å². The van der Waals surface area contributed by atoms with Crippen molar-refractivity contribution in [1.82, 2.24) is 20.1 Å². The molecule has 0 aromatic carbocycles. The fourth-order valence-electron chi connectivity index (χ4n) is 4.16. The molecule has 2 fully saturated rings. The van der Waals surface area contributed by atoms with E-state index < -0.39 is 0 Å². The van der Waals surface area contributed by atoms with Gasteiger partial charge in [-0.2, -0.15) is 0 Å². The normalized spacial score (nSPS) is 21.3. The first-order valence-electron chi connectivity index (χ1n) is 10.7. The van der Waals surface area contributed by atoms with Crippen LogP contribution in [0.3, 0.4) is 0 Å². The molecule has 1 saturated carbocycles. The topological polar surface area (TPSA) is 69.0 Å². The molecule has 8 heteroatoms. The third-order valence-electron chi connectivity index (χ3n) is 5.77. The maximum atomic E-state index is 12.6. The largest absolute Gasteiger partial charge is 0.376 e. The highest BCUT2D eigenvalue weighted by Crippen LogP contribution is 2.34. The van der Waals surface area contributed by atoms with Crippen molar-refractivity contribution in [2.24, 2.45) is 0 Å². The second-order valence-electron chi connectivity index (χ2n) is 7.96. The highest BCUT2D eigenvalue weighted by atomic mass is 32.2. The van der Waals surface area contributed by atoms with E-state index in [-0.39, 0.29) is 17.3 Å². The summed E-state index contributed by atoms with van der Waals surface area (Å²) in [4.78, 5) is 13.9. The molecule has 0 bridgehead atoms. The van der Waals surface area contributed by atoms with Gasteiger partial charge in [-0.1, -0.05) is 37.1 Å². The molecule has 1 N–H and O–H groups in total. The summed E-state index contributed by atoms with van der Waals surface area (Å²) in [6, 6.07) is 4.68. The number of amides is 1. The van der Waals surface area contributed by atoms with E-state index in [1.807, 2.05) is 6.92 Å². The van der Waals surface area contributed by atoms with Crippen LogP contribution in [0, 0.1) is 0 Å². The van der Waals surface area contributed by atoms with Gasteiger partial charge in [0.1, 0.15) is 5.82 Å². The van der Waals surface area contributed by atoms with Gasteiger partial charge >= 0.3 is 0 Å². The number of thioether (sulfide) groups is 1. The van der Waals surface area contributed by atoms with Gasteiger partial charge in [-0.25, -0.2) is 0 Å². The zero-order chi connectivity index (χ0) is 20.1. The smallest absolute Gasteiger partial charge is 0.233 e. The minimum Gasteiger partial charge on any atom is -0.376 e. The third-order valence-corrected chi connectivity index (χ3v) is 7.70. The highest BCUT2D eigenvalue weighted by molar-refractivity contribution is 8.00. The van der Waals surface area contributed by atoms with Gasteiger partial charge in [-0.3, -0.25) is 4.79 Å². The lowest BCUT2D eigenvalue weighted by Gasteiger charge is -2.26. The molecular weight excluding hydrogens is 404 g/mol. The monoisotopic (exact) mass is 434 g/mol. The first kappa shape index (κ1) is 20.9. The van der Waals surface area contributed by atoms with Crippen LogP contribution in [0.15, 0.2) is 22.7 Å². The molecule has 1 amide bonds. The number of hydrogen-bond acceptors (Lipinski definition) is 6. The summed E-state index contributed by atoms with van der Waals surface area (Å²) in [6.07, 6.45) is 9.24. The fraction of sp³-hybridized carbons (Fsp3) is 0.667. The standard InChI is InChI=1S/C21H30N4O2S2/c1-15(20(26)22-14-17-9-5-11-27-17)29-21-24-23-19(13-18-10-6-12-28-18)25(21)16-7-3-2-4-8-16/h6,10,12,15-17H,2-5,7-9,11,13-14H2,1H3,(H,22,26)/t15-,17-/m0/s1. The molecule has 29 heavy (non-hydrogen) atoms. The number of hydrogen-bond donors (Lipinski definition) is 1. The summed E-state index contributed by atoms with van der Waals surface area (Å²) < 4.78 is 7.93. The van der Waals surface area contributed by atoms with Crippen molar-refractivity contribution >= 4 is 29.0 Å². The molecule has 158 valence electrons. The average Bonchev–Trinajstić information content (AvgIpc) is 3.50. The van der Waals surface area contributed by atoms with Gasteiger partial charge in [0.25, 0.3) is 0 Å². The Morgan fingerprint density at radius 3 is 2.90 bits per heavy atom. The molecule has 0 radical (unpaired) electrons. The van der Waals surface area contributed by atoms with Gasteiger partial charge in [0.2, 0.25) is 5.91 Å². The molecule has 1 aliphatic heterocycles. The minimum absolute atomic E-state index is 0.0449. The number of carbonyl (C=O) groups excluding carboxylic acids is 1. The summed E-state index contributed by atoms with van der Waals surface area (Å²) in [5.41, 5.74) is 0. The Bertz CT molecular complexity index is 781. The molecule has 1 aliphatic carbocycles. The maximum Gasteiger partial charge on any atom is 0.233 e. The van der Waals surface area contributed by atoms with E-state index in [1.54, 1.807) is 11.3 Å².